The molecule has 0 amide bonds. The summed E-state index contributed by atoms with van der Waals surface area (Å²) in [6.45, 7) is 0. The predicted molar refractivity (Wildman–Crippen MR) is 210 cm³/mol. The van der Waals surface area contributed by atoms with Gasteiger partial charge in [-0.25, -0.2) is 15.0 Å². The first-order valence-corrected chi connectivity index (χ1v) is 17.2. The zero-order chi connectivity index (χ0) is 34.6. The first kappa shape index (κ1) is 29.5. The van der Waals surface area contributed by atoms with Crippen LogP contribution in [-0.2, 0) is 0 Å². The van der Waals surface area contributed by atoms with Crippen molar-refractivity contribution in [1.29, 1.82) is 5.26 Å². The third-order valence-corrected chi connectivity index (χ3v) is 9.78. The number of nitriles is 1. The number of hydrogen-bond acceptors (Lipinski definition) is 4. The summed E-state index contributed by atoms with van der Waals surface area (Å²) in [7, 11) is 0. The van der Waals surface area contributed by atoms with E-state index in [1.807, 2.05) is 91.0 Å². The minimum atomic E-state index is 0.593. The molecule has 0 N–H and O–H groups in total. The van der Waals surface area contributed by atoms with Crippen LogP contribution in [0.5, 0.6) is 0 Å². The second kappa shape index (κ2) is 11.9. The van der Waals surface area contributed by atoms with Gasteiger partial charge in [0.25, 0.3) is 0 Å². The van der Waals surface area contributed by atoms with Crippen molar-refractivity contribution in [3.63, 3.8) is 0 Å². The monoisotopic (exact) mass is 664 g/mol. The van der Waals surface area contributed by atoms with Crippen LogP contribution in [0, 0.1) is 11.3 Å². The number of hydrogen-bond donors (Lipinski definition) is 0. The lowest BCUT2D eigenvalue weighted by atomic mass is 10.1. The van der Waals surface area contributed by atoms with Gasteiger partial charge in [-0.15, -0.1) is 0 Å². The van der Waals surface area contributed by atoms with Crippen molar-refractivity contribution < 1.29 is 0 Å². The Kier molecular flexibility index (Phi) is 6.76. The van der Waals surface area contributed by atoms with Crippen molar-refractivity contribution in [1.82, 2.24) is 24.1 Å². The van der Waals surface area contributed by atoms with E-state index in [1.165, 1.54) is 10.8 Å². The standard InChI is InChI=1S/C46H28N6/c47-29-30-22-24-42-38(26-30)39-28-35(52-40-20-9-7-18-36(40)37-19-8-10-21-41(37)52)23-25-43(39)51(42)34-17-11-16-33(27-34)46-49-44(31-12-3-1-4-13-31)48-45(50-46)32-14-5-2-6-15-32/h1-28H. The van der Waals surface area contributed by atoms with E-state index in [-0.39, 0.29) is 0 Å². The molecule has 6 heteroatoms. The molecule has 0 fully saturated rings. The minimum absolute atomic E-state index is 0.593. The lowest BCUT2D eigenvalue weighted by Crippen LogP contribution is -2.01. The van der Waals surface area contributed by atoms with Crippen molar-refractivity contribution in [2.45, 2.75) is 0 Å². The topological polar surface area (TPSA) is 72.3 Å². The van der Waals surface area contributed by atoms with Gasteiger partial charge in [-0.2, -0.15) is 5.26 Å². The maximum absolute atomic E-state index is 9.93. The summed E-state index contributed by atoms with van der Waals surface area (Å²) < 4.78 is 4.60. The maximum Gasteiger partial charge on any atom is 0.164 e. The zero-order valence-electron chi connectivity index (χ0n) is 27.8. The van der Waals surface area contributed by atoms with E-state index < -0.39 is 0 Å². The Balaban J connectivity index is 1.18. The summed E-state index contributed by atoms with van der Waals surface area (Å²) in [5, 5.41) is 14.4. The van der Waals surface area contributed by atoms with E-state index in [2.05, 4.69) is 94.1 Å². The molecule has 0 unspecified atom stereocenters. The van der Waals surface area contributed by atoms with Crippen molar-refractivity contribution in [3.05, 3.63) is 175 Å². The van der Waals surface area contributed by atoms with Gasteiger partial charge in [0.2, 0.25) is 0 Å². The van der Waals surface area contributed by atoms with Gasteiger partial charge in [-0.05, 0) is 60.7 Å². The predicted octanol–water partition coefficient (Wildman–Crippen LogP) is 10.9. The van der Waals surface area contributed by atoms with Gasteiger partial charge >= 0.3 is 0 Å². The Hall–Kier alpha value is -7.36. The Morgan fingerprint density at radius 1 is 0.365 bits per heavy atom. The van der Waals surface area contributed by atoms with Crippen LogP contribution in [0.1, 0.15) is 5.56 Å². The highest BCUT2D eigenvalue weighted by molar-refractivity contribution is 6.12. The SMILES string of the molecule is N#Cc1ccc2c(c1)c1cc(-n3c4ccccc4c4ccccc43)ccc1n2-c1cccc(-c2nc(-c3ccccc3)nc(-c3ccccc3)n2)c1. The van der Waals surface area contributed by atoms with E-state index in [0.717, 1.165) is 60.9 Å². The molecule has 10 aromatic rings. The van der Waals surface area contributed by atoms with Crippen molar-refractivity contribution in [2.75, 3.05) is 0 Å². The molecule has 0 radical (unpaired) electrons. The normalized spacial score (nSPS) is 11.4. The number of fused-ring (bicyclic) bond motifs is 6. The first-order chi connectivity index (χ1) is 25.7. The highest BCUT2D eigenvalue weighted by atomic mass is 15.0. The van der Waals surface area contributed by atoms with Gasteiger partial charge in [0, 0.05) is 49.6 Å². The van der Waals surface area contributed by atoms with Crippen molar-refractivity contribution in [3.8, 4) is 51.6 Å². The molecule has 3 heterocycles. The molecule has 0 saturated heterocycles. The van der Waals surface area contributed by atoms with Crippen LogP contribution < -0.4 is 0 Å². The molecule has 0 aliphatic rings. The molecule has 10 rings (SSSR count). The van der Waals surface area contributed by atoms with Crippen LogP contribution in [0.2, 0.25) is 0 Å². The Morgan fingerprint density at radius 3 is 1.42 bits per heavy atom. The fraction of sp³-hybridized carbons (Fsp3) is 0. The highest BCUT2D eigenvalue weighted by Crippen LogP contribution is 2.38. The number of aromatic nitrogens is 5. The number of nitrogens with zero attached hydrogens (tertiary/aromatic N) is 6. The lowest BCUT2D eigenvalue weighted by molar-refractivity contribution is 1.07. The molecular weight excluding hydrogens is 637 g/mol. The number of benzene rings is 7. The van der Waals surface area contributed by atoms with Gasteiger partial charge in [-0.3, -0.25) is 0 Å². The van der Waals surface area contributed by atoms with E-state index in [9.17, 15) is 5.26 Å². The van der Waals surface area contributed by atoms with E-state index in [4.69, 9.17) is 15.0 Å². The minimum Gasteiger partial charge on any atom is -0.309 e. The van der Waals surface area contributed by atoms with Crippen molar-refractivity contribution in [2.24, 2.45) is 0 Å². The molecule has 0 aliphatic heterocycles. The zero-order valence-corrected chi connectivity index (χ0v) is 27.8. The number of para-hydroxylation sites is 2. The Labute approximate surface area is 299 Å². The fourth-order valence-electron chi connectivity index (χ4n) is 7.42. The summed E-state index contributed by atoms with van der Waals surface area (Å²) in [6, 6.07) is 60.4. The molecule has 0 bridgehead atoms. The largest absolute Gasteiger partial charge is 0.309 e. The van der Waals surface area contributed by atoms with E-state index in [1.54, 1.807) is 0 Å². The smallest absolute Gasteiger partial charge is 0.164 e. The molecule has 242 valence electrons. The second-order valence-electron chi connectivity index (χ2n) is 12.8. The van der Waals surface area contributed by atoms with Gasteiger partial charge in [0.15, 0.2) is 17.5 Å². The first-order valence-electron chi connectivity index (χ1n) is 17.2. The molecule has 0 aliphatic carbocycles. The average Bonchev–Trinajstić information content (AvgIpc) is 3.73. The summed E-state index contributed by atoms with van der Waals surface area (Å²) in [5.74, 6) is 1.83. The molecule has 0 spiro atoms. The van der Waals surface area contributed by atoms with Gasteiger partial charge in [-0.1, -0.05) is 109 Å². The highest BCUT2D eigenvalue weighted by Gasteiger charge is 2.18. The van der Waals surface area contributed by atoms with Crippen LogP contribution in [0.3, 0.4) is 0 Å². The second-order valence-corrected chi connectivity index (χ2v) is 12.8. The third-order valence-electron chi connectivity index (χ3n) is 9.78. The van der Waals surface area contributed by atoms with Gasteiger partial charge in [0.1, 0.15) is 0 Å². The van der Waals surface area contributed by atoms with Gasteiger partial charge in [0.05, 0.1) is 33.7 Å². The quantitative estimate of drug-likeness (QED) is 0.184. The summed E-state index contributed by atoms with van der Waals surface area (Å²) in [6.07, 6.45) is 0. The van der Waals surface area contributed by atoms with Crippen LogP contribution in [0.4, 0.5) is 0 Å². The number of rotatable bonds is 5. The molecular formula is C46H28N6. The van der Waals surface area contributed by atoms with Gasteiger partial charge < -0.3 is 9.13 Å². The maximum atomic E-state index is 9.93. The fourth-order valence-corrected chi connectivity index (χ4v) is 7.42. The van der Waals surface area contributed by atoms with Crippen LogP contribution >= 0.6 is 0 Å². The molecule has 0 saturated carbocycles. The lowest BCUT2D eigenvalue weighted by Gasteiger charge is -2.12. The Morgan fingerprint density at radius 2 is 0.827 bits per heavy atom. The Bertz CT molecular complexity index is 2910. The summed E-state index contributed by atoms with van der Waals surface area (Å²) in [4.78, 5) is 14.9. The molecule has 52 heavy (non-hydrogen) atoms. The molecule has 3 aromatic heterocycles. The molecule has 7 aromatic carbocycles. The van der Waals surface area contributed by atoms with E-state index >= 15 is 0 Å². The summed E-state index contributed by atoms with van der Waals surface area (Å²) >= 11 is 0. The van der Waals surface area contributed by atoms with Crippen LogP contribution in [0.25, 0.3) is 89.2 Å². The average molecular weight is 665 g/mol. The molecule has 6 nitrogen and oxygen atoms in total. The summed E-state index contributed by atoms with van der Waals surface area (Å²) in [5.41, 5.74) is 9.73. The van der Waals surface area contributed by atoms with Crippen molar-refractivity contribution >= 4 is 43.6 Å². The van der Waals surface area contributed by atoms with E-state index in [0.29, 0.717) is 23.0 Å². The van der Waals surface area contributed by atoms with Crippen LogP contribution in [-0.4, -0.2) is 24.1 Å². The molecule has 0 atom stereocenters. The third kappa shape index (κ3) is 4.76. The van der Waals surface area contributed by atoms with Crippen LogP contribution in [0.15, 0.2) is 170 Å².